The number of alkyl halides is 2. The van der Waals surface area contributed by atoms with Crippen LogP contribution in [0.4, 0.5) is 5.72 Å². The van der Waals surface area contributed by atoms with Crippen LogP contribution in [-0.2, 0) is 0 Å². The van der Waals surface area contributed by atoms with Crippen LogP contribution < -0.4 is 0 Å². The van der Waals surface area contributed by atoms with Gasteiger partial charge in [0, 0.05) is 0 Å². The Hall–Kier alpha value is 1.32. The monoisotopic (exact) mass is 360 g/mol. The topological polar surface area (TPSA) is 0 Å². The summed E-state index contributed by atoms with van der Waals surface area (Å²) in [5, 5.41) is 0. The molecule has 0 radical (unpaired) electrons. The first-order valence-corrected chi connectivity index (χ1v) is 6.99. The van der Waals surface area contributed by atoms with Gasteiger partial charge in [0.1, 0.15) is 0 Å². The zero-order valence-electron chi connectivity index (χ0n) is 5.51. The van der Waals surface area contributed by atoms with Crippen LogP contribution in [0.15, 0.2) is 0 Å². The first kappa shape index (κ1) is 12.0. The molecule has 0 aliphatic carbocycles. The quantitative estimate of drug-likeness (QED) is 0.457. The molecule has 0 aromatic heterocycles. The molecule has 0 atom stereocenters. The van der Waals surface area contributed by atoms with Crippen molar-refractivity contribution >= 4 is 43.2 Å². The molecule has 0 unspecified atom stereocenters. The third-order valence-corrected chi connectivity index (χ3v) is 0. The van der Waals surface area contributed by atoms with Crippen LogP contribution in [0, 0.1) is 0 Å². The van der Waals surface area contributed by atoms with Crippen LogP contribution in [-0.4, -0.2) is 11.0 Å². The van der Waals surface area contributed by atoms with Crippen molar-refractivity contribution in [2.24, 2.45) is 0 Å². The van der Waals surface area contributed by atoms with Crippen molar-refractivity contribution in [3.63, 3.8) is 0 Å². The van der Waals surface area contributed by atoms with E-state index in [-0.39, 0.29) is 14.9 Å². The van der Waals surface area contributed by atoms with Crippen molar-refractivity contribution in [2.75, 3.05) is 9.86 Å². The number of rotatable bonds is 0. The molecule has 0 fully saturated rings. The van der Waals surface area contributed by atoms with Crippen molar-refractivity contribution in [3.05, 3.63) is 0 Å². The Kier molecular flexibility index (Phi) is 60.9. The van der Waals surface area contributed by atoms with Crippen LogP contribution in [0.2, 0.25) is 0 Å². The predicted octanol–water partition coefficient (Wildman–Crippen LogP) is 3.68. The van der Waals surface area contributed by atoms with Gasteiger partial charge in [-0.3, -0.25) is 0 Å². The Morgan fingerprint density at radius 2 is 1.12 bits per heavy atom. The second-order valence-corrected chi connectivity index (χ2v) is 1.92. The SMILES string of the molecule is C.C.[3H]I(C)F.[3H]I(C)F. The standard InChI is InChI=1S/2CH4FI.2CH4/c2*1-3-2;;/h2*3H,1H3;2*1H4/i2*3T;;. The van der Waals surface area contributed by atoms with Crippen molar-refractivity contribution in [3.8, 4) is 0 Å². The van der Waals surface area contributed by atoms with Crippen LogP contribution in [0.3, 0.4) is 0 Å². The van der Waals surface area contributed by atoms with Gasteiger partial charge in [-0.25, -0.2) is 0 Å². The molecule has 4 heteroatoms. The van der Waals surface area contributed by atoms with E-state index < -0.39 is 43.2 Å². The molecule has 0 amide bonds. The summed E-state index contributed by atoms with van der Waals surface area (Å²) in [6.07, 6.45) is 0. The van der Waals surface area contributed by atoms with Gasteiger partial charge in [0.15, 0.2) is 0 Å². The summed E-state index contributed by atoms with van der Waals surface area (Å²) in [6, 6.07) is 0. The van der Waals surface area contributed by atoms with Crippen molar-refractivity contribution in [2.45, 2.75) is 14.9 Å². The summed E-state index contributed by atoms with van der Waals surface area (Å²) < 4.78 is 33.8. The Morgan fingerprint density at radius 3 is 1.12 bits per heavy atom. The fourth-order valence-electron chi connectivity index (χ4n) is 0. The van der Waals surface area contributed by atoms with Gasteiger partial charge in [-0.15, -0.1) is 0 Å². The van der Waals surface area contributed by atoms with E-state index in [0.29, 0.717) is 0 Å². The molecule has 60 valence electrons. The molecule has 0 rings (SSSR count). The molecule has 0 saturated heterocycles. The van der Waals surface area contributed by atoms with Gasteiger partial charge in [-0.1, -0.05) is 14.9 Å². The first-order chi connectivity index (χ1) is 3.46. The molecule has 0 aliphatic rings. The molecule has 0 spiro atoms. The normalized spacial score (nSPS) is 11.5. The Balaban J connectivity index is -0.0000000300. The van der Waals surface area contributed by atoms with Crippen molar-refractivity contribution in [1.29, 1.82) is 1.19 Å². The fourth-order valence-corrected chi connectivity index (χ4v) is 0. The van der Waals surface area contributed by atoms with Gasteiger partial charge in [0.25, 0.3) is 0 Å². The van der Waals surface area contributed by atoms with E-state index in [9.17, 15) is 5.72 Å². The maximum atomic E-state index is 10.8. The molecule has 0 aromatic carbocycles. The predicted molar refractivity (Wildman–Crippen MR) is 58.4 cm³/mol. The molecule has 0 aromatic rings. The molecule has 0 aliphatic heterocycles. The van der Waals surface area contributed by atoms with Gasteiger partial charge < -0.3 is 0 Å². The van der Waals surface area contributed by atoms with Gasteiger partial charge in [0.2, 0.25) is 0 Å². The van der Waals surface area contributed by atoms with Crippen molar-refractivity contribution in [1.82, 2.24) is 0 Å². The number of hydrogen-bond donors (Lipinski definition) is 0. The molecule has 8 heavy (non-hydrogen) atoms. The minimum atomic E-state index is -2.51. The van der Waals surface area contributed by atoms with Gasteiger partial charge in [-0.05, 0) is 0 Å². The van der Waals surface area contributed by atoms with Gasteiger partial charge in [0.05, 0.1) is 0 Å². The third kappa shape index (κ3) is 168. The van der Waals surface area contributed by atoms with Crippen LogP contribution >= 0.6 is 43.2 Å². The number of hydrogen-bond acceptors (Lipinski definition) is 0. The number of halogens is 4. The van der Waals surface area contributed by atoms with E-state index in [4.69, 9.17) is 1.19 Å². The average molecular weight is 360 g/mol. The zero-order chi connectivity index (χ0) is 7.15. The van der Waals surface area contributed by atoms with E-state index in [1.54, 1.807) is 0 Å². The molecular formula is C4H16F2I2. The second-order valence-electron chi connectivity index (χ2n) is 0.286. The molecule has 0 bridgehead atoms. The van der Waals surface area contributed by atoms with Crippen LogP contribution in [0.1, 0.15) is 14.9 Å². The summed E-state index contributed by atoms with van der Waals surface area (Å²) >= 11 is -5.03. The van der Waals surface area contributed by atoms with Crippen LogP contribution in [0.25, 0.3) is 0 Å². The Labute approximate surface area is 74.4 Å². The Bertz CT molecular complexity index is 34.7. The summed E-state index contributed by atoms with van der Waals surface area (Å²) in [7, 11) is 0. The van der Waals surface area contributed by atoms with E-state index >= 15 is 0 Å². The Morgan fingerprint density at radius 1 is 1.12 bits per heavy atom. The fraction of sp³-hybridized carbons (Fsp3) is 1.00. The van der Waals surface area contributed by atoms with E-state index in [0.717, 1.165) is 0 Å². The summed E-state index contributed by atoms with van der Waals surface area (Å²) in [4.78, 5) is 2.65. The summed E-state index contributed by atoms with van der Waals surface area (Å²) in [5.41, 5.74) is 0. The molecule has 0 nitrogen and oxygen atoms in total. The second kappa shape index (κ2) is 40.4. The maximum absolute atomic E-state index is 10.8. The van der Waals surface area contributed by atoms with E-state index in [2.05, 4.69) is 0 Å². The summed E-state index contributed by atoms with van der Waals surface area (Å²) in [5.74, 6) is 0. The van der Waals surface area contributed by atoms with E-state index in [1.165, 1.54) is 9.86 Å². The minimum absolute atomic E-state index is 0. The first-order valence-electron chi connectivity index (χ1n) is 1.80. The summed E-state index contributed by atoms with van der Waals surface area (Å²) in [6.45, 7) is 0. The zero-order valence-corrected chi connectivity index (χ0v) is 7.83. The van der Waals surface area contributed by atoms with Crippen molar-refractivity contribution < 1.29 is 5.72 Å². The van der Waals surface area contributed by atoms with Gasteiger partial charge in [-0.2, -0.15) is 0 Å². The average Bonchev–Trinajstić information content (AvgIpc) is 1.25. The van der Waals surface area contributed by atoms with Gasteiger partial charge >= 0.3 is 59.9 Å². The molecule has 0 N–H and O–H groups in total. The van der Waals surface area contributed by atoms with E-state index in [1.807, 2.05) is 0 Å². The van der Waals surface area contributed by atoms with Crippen LogP contribution in [0.5, 0.6) is 0 Å². The molecule has 0 saturated carbocycles. The third-order valence-electron chi connectivity index (χ3n) is 0. The molecular weight excluding hydrogens is 340 g/mol. The molecule has 0 heterocycles.